The Morgan fingerprint density at radius 2 is 1.80 bits per heavy atom. The first kappa shape index (κ1) is 18.6. The number of amides is 1. The Kier molecular flexibility index (Phi) is 5.57. The van der Waals surface area contributed by atoms with Gasteiger partial charge in [0.05, 0.1) is 22.6 Å². The fourth-order valence-electron chi connectivity index (χ4n) is 2.33. The molecular weight excluding hydrogens is 338 g/mol. The number of sulfonamides is 1. The summed E-state index contributed by atoms with van der Waals surface area (Å²) in [5, 5.41) is 11.7. The van der Waals surface area contributed by atoms with Crippen LogP contribution in [0.5, 0.6) is 0 Å². The summed E-state index contributed by atoms with van der Waals surface area (Å²) in [6, 6.07) is 13.1. The standard InChI is InChI=1S/C18H19N3O3S/c1-12-4-9-16(25(23,24)20-3)10-17(12)18(22)21-13(2)15-7-5-14(11-19)6-8-15/h4-10,13,20H,1-3H3,(H,21,22). The molecule has 6 nitrogen and oxygen atoms in total. The number of hydrogen-bond donors (Lipinski definition) is 2. The zero-order chi connectivity index (χ0) is 18.6. The van der Waals surface area contributed by atoms with Crippen molar-refractivity contribution in [2.75, 3.05) is 7.05 Å². The molecule has 0 aliphatic rings. The third-order valence-corrected chi connectivity index (χ3v) is 5.33. The molecule has 2 aromatic carbocycles. The van der Waals surface area contributed by atoms with Gasteiger partial charge in [0.1, 0.15) is 0 Å². The lowest BCUT2D eigenvalue weighted by Crippen LogP contribution is -2.28. The fourth-order valence-corrected chi connectivity index (χ4v) is 3.09. The zero-order valence-corrected chi connectivity index (χ0v) is 15.0. The first-order valence-corrected chi connectivity index (χ1v) is 9.12. The van der Waals surface area contributed by atoms with Crippen LogP contribution in [-0.4, -0.2) is 21.4 Å². The van der Waals surface area contributed by atoms with Crippen molar-refractivity contribution in [1.82, 2.24) is 10.0 Å². The van der Waals surface area contributed by atoms with Crippen LogP contribution in [-0.2, 0) is 10.0 Å². The van der Waals surface area contributed by atoms with Gasteiger partial charge in [0.25, 0.3) is 5.91 Å². The number of carbonyl (C=O) groups is 1. The Balaban J connectivity index is 2.25. The van der Waals surface area contributed by atoms with Gasteiger partial charge < -0.3 is 5.32 Å². The second-order valence-corrected chi connectivity index (χ2v) is 7.50. The van der Waals surface area contributed by atoms with Gasteiger partial charge in [-0.15, -0.1) is 0 Å². The van der Waals surface area contributed by atoms with Crippen LogP contribution in [0.1, 0.15) is 40.0 Å². The molecule has 7 heteroatoms. The van der Waals surface area contributed by atoms with Crippen LogP contribution in [0.3, 0.4) is 0 Å². The second kappa shape index (κ2) is 7.47. The molecule has 1 unspecified atom stereocenters. The highest BCUT2D eigenvalue weighted by Crippen LogP contribution is 2.18. The van der Waals surface area contributed by atoms with Gasteiger partial charge in [0.2, 0.25) is 10.0 Å². The van der Waals surface area contributed by atoms with Crippen LogP contribution in [0.4, 0.5) is 0 Å². The summed E-state index contributed by atoms with van der Waals surface area (Å²) in [6.07, 6.45) is 0. The monoisotopic (exact) mass is 357 g/mol. The summed E-state index contributed by atoms with van der Waals surface area (Å²) in [7, 11) is -2.30. The Morgan fingerprint density at radius 3 is 2.36 bits per heavy atom. The number of carbonyl (C=O) groups excluding carboxylic acids is 1. The van der Waals surface area contributed by atoms with Crippen LogP contribution in [0.15, 0.2) is 47.4 Å². The Morgan fingerprint density at radius 1 is 1.16 bits per heavy atom. The van der Waals surface area contributed by atoms with Gasteiger partial charge in [-0.25, -0.2) is 13.1 Å². The smallest absolute Gasteiger partial charge is 0.252 e. The molecule has 1 atom stereocenters. The van der Waals surface area contributed by atoms with E-state index >= 15 is 0 Å². The van der Waals surface area contributed by atoms with Crippen molar-refractivity contribution in [3.63, 3.8) is 0 Å². The van der Waals surface area contributed by atoms with Gasteiger partial charge in [-0.3, -0.25) is 4.79 Å². The minimum atomic E-state index is -3.62. The molecule has 0 fully saturated rings. The Labute approximate surface area is 147 Å². The van der Waals surface area contributed by atoms with Gasteiger partial charge in [-0.2, -0.15) is 5.26 Å². The molecule has 2 aromatic rings. The van der Waals surface area contributed by atoms with Crippen LogP contribution in [0.2, 0.25) is 0 Å². The quantitative estimate of drug-likeness (QED) is 0.857. The topological polar surface area (TPSA) is 99.1 Å². The summed E-state index contributed by atoms with van der Waals surface area (Å²) < 4.78 is 26.1. The SMILES string of the molecule is CNS(=O)(=O)c1ccc(C)c(C(=O)NC(C)c2ccc(C#N)cc2)c1. The summed E-state index contributed by atoms with van der Waals surface area (Å²) in [5.41, 5.74) is 2.38. The maximum Gasteiger partial charge on any atom is 0.252 e. The molecule has 0 bridgehead atoms. The predicted molar refractivity (Wildman–Crippen MR) is 94.5 cm³/mol. The van der Waals surface area contributed by atoms with E-state index in [9.17, 15) is 13.2 Å². The van der Waals surface area contributed by atoms with E-state index in [2.05, 4.69) is 10.0 Å². The number of aryl methyl sites for hydroxylation is 1. The summed E-state index contributed by atoms with van der Waals surface area (Å²) in [4.78, 5) is 12.6. The van der Waals surface area contributed by atoms with Gasteiger partial charge in [0, 0.05) is 5.56 Å². The van der Waals surface area contributed by atoms with Crippen LogP contribution in [0.25, 0.3) is 0 Å². The average Bonchev–Trinajstić information content (AvgIpc) is 2.61. The van der Waals surface area contributed by atoms with Gasteiger partial charge in [-0.05, 0) is 56.3 Å². The molecule has 0 saturated carbocycles. The van der Waals surface area contributed by atoms with Crippen molar-refractivity contribution in [3.05, 3.63) is 64.7 Å². The highest BCUT2D eigenvalue weighted by atomic mass is 32.2. The normalized spacial score (nSPS) is 12.2. The number of hydrogen-bond acceptors (Lipinski definition) is 4. The molecule has 2 N–H and O–H groups in total. The van der Waals surface area contributed by atoms with Crippen molar-refractivity contribution >= 4 is 15.9 Å². The largest absolute Gasteiger partial charge is 0.346 e. The molecule has 0 heterocycles. The predicted octanol–water partition coefficient (Wildman–Crippen LogP) is 2.27. The first-order chi connectivity index (χ1) is 11.8. The van der Waals surface area contributed by atoms with Crippen molar-refractivity contribution in [3.8, 4) is 6.07 Å². The lowest BCUT2D eigenvalue weighted by molar-refractivity contribution is 0.0939. The molecule has 0 aliphatic heterocycles. The highest BCUT2D eigenvalue weighted by Gasteiger charge is 2.18. The highest BCUT2D eigenvalue weighted by molar-refractivity contribution is 7.89. The average molecular weight is 357 g/mol. The van der Waals surface area contributed by atoms with Crippen molar-refractivity contribution in [2.24, 2.45) is 0 Å². The van der Waals surface area contributed by atoms with Crippen molar-refractivity contribution in [1.29, 1.82) is 5.26 Å². The van der Waals surface area contributed by atoms with Crippen LogP contribution < -0.4 is 10.0 Å². The number of nitrogens with one attached hydrogen (secondary N) is 2. The lowest BCUT2D eigenvalue weighted by atomic mass is 10.0. The number of nitrogens with zero attached hydrogens (tertiary/aromatic N) is 1. The Bertz CT molecular complexity index is 929. The number of nitriles is 1. The minimum absolute atomic E-state index is 0.0387. The van der Waals surface area contributed by atoms with E-state index < -0.39 is 10.0 Å². The third-order valence-electron chi connectivity index (χ3n) is 3.92. The minimum Gasteiger partial charge on any atom is -0.346 e. The number of rotatable bonds is 5. The van der Waals surface area contributed by atoms with E-state index in [0.29, 0.717) is 16.7 Å². The zero-order valence-electron chi connectivity index (χ0n) is 14.2. The third kappa shape index (κ3) is 4.24. The summed E-state index contributed by atoms with van der Waals surface area (Å²) >= 11 is 0. The molecule has 0 radical (unpaired) electrons. The molecule has 0 saturated heterocycles. The van der Waals surface area contributed by atoms with Gasteiger partial charge in [-0.1, -0.05) is 18.2 Å². The van der Waals surface area contributed by atoms with E-state index in [1.807, 2.05) is 13.0 Å². The van der Waals surface area contributed by atoms with Gasteiger partial charge >= 0.3 is 0 Å². The van der Waals surface area contributed by atoms with Gasteiger partial charge in [0.15, 0.2) is 0 Å². The number of benzene rings is 2. The summed E-state index contributed by atoms with van der Waals surface area (Å²) in [5.74, 6) is -0.359. The van der Waals surface area contributed by atoms with Crippen molar-refractivity contribution in [2.45, 2.75) is 24.8 Å². The lowest BCUT2D eigenvalue weighted by Gasteiger charge is -2.16. The summed E-state index contributed by atoms with van der Waals surface area (Å²) in [6.45, 7) is 3.57. The van der Waals surface area contributed by atoms with Crippen molar-refractivity contribution < 1.29 is 13.2 Å². The molecule has 2 rings (SSSR count). The van der Waals surface area contributed by atoms with E-state index in [-0.39, 0.29) is 16.8 Å². The maximum absolute atomic E-state index is 12.6. The molecular formula is C18H19N3O3S. The molecule has 25 heavy (non-hydrogen) atoms. The maximum atomic E-state index is 12.6. The Hall–Kier alpha value is -2.69. The second-order valence-electron chi connectivity index (χ2n) is 5.61. The molecule has 1 amide bonds. The van der Waals surface area contributed by atoms with E-state index in [1.165, 1.54) is 19.2 Å². The van der Waals surface area contributed by atoms with E-state index in [1.54, 1.807) is 37.3 Å². The van der Waals surface area contributed by atoms with Crippen LogP contribution in [0, 0.1) is 18.3 Å². The van der Waals surface area contributed by atoms with E-state index in [0.717, 1.165) is 5.56 Å². The molecule has 130 valence electrons. The molecule has 0 aliphatic carbocycles. The van der Waals surface area contributed by atoms with E-state index in [4.69, 9.17) is 5.26 Å². The molecule has 0 aromatic heterocycles. The fraction of sp³-hybridized carbons (Fsp3) is 0.222. The molecule has 0 spiro atoms. The first-order valence-electron chi connectivity index (χ1n) is 7.63. The van der Waals surface area contributed by atoms with Crippen LogP contribution >= 0.6 is 0 Å².